The molecule has 1 aliphatic carbocycles. The molecule has 6 nitrogen and oxygen atoms in total. The Bertz CT molecular complexity index is 843. The van der Waals surface area contributed by atoms with Gasteiger partial charge in [-0.15, -0.1) is 0 Å². The van der Waals surface area contributed by atoms with E-state index in [9.17, 15) is 13.2 Å². The summed E-state index contributed by atoms with van der Waals surface area (Å²) in [5.74, 6) is 1.36. The number of amides is 1. The number of nitrogens with one attached hydrogen (secondary N) is 2. The Kier molecular flexibility index (Phi) is 7.36. The van der Waals surface area contributed by atoms with Crippen LogP contribution in [-0.2, 0) is 14.8 Å². The highest BCUT2D eigenvalue weighted by atomic mass is 32.2. The summed E-state index contributed by atoms with van der Waals surface area (Å²) in [5.41, 5.74) is 2.03. The third kappa shape index (κ3) is 6.22. The predicted octanol–water partition coefficient (Wildman–Crippen LogP) is 4.38. The summed E-state index contributed by atoms with van der Waals surface area (Å²) >= 11 is 0. The summed E-state index contributed by atoms with van der Waals surface area (Å²) in [7, 11) is -3.36. The number of benzene rings is 1. The van der Waals surface area contributed by atoms with Crippen molar-refractivity contribution < 1.29 is 13.2 Å². The van der Waals surface area contributed by atoms with Crippen molar-refractivity contribution in [2.75, 3.05) is 23.3 Å². The van der Waals surface area contributed by atoms with Gasteiger partial charge in [-0.05, 0) is 89.0 Å². The molecule has 1 saturated carbocycles. The minimum absolute atomic E-state index is 0.0325. The molecule has 0 spiro atoms. The van der Waals surface area contributed by atoms with Crippen LogP contribution in [0.25, 0.3) is 0 Å². The van der Waals surface area contributed by atoms with Gasteiger partial charge in [-0.1, -0.05) is 13.8 Å². The first-order valence-corrected chi connectivity index (χ1v) is 13.1. The maximum absolute atomic E-state index is 12.7. The van der Waals surface area contributed by atoms with E-state index < -0.39 is 14.8 Å². The molecule has 174 valence electrons. The lowest BCUT2D eigenvalue weighted by atomic mass is 9.86. The molecule has 1 aliphatic heterocycles. The zero-order valence-electron chi connectivity index (χ0n) is 19.6. The molecule has 0 bridgehead atoms. The van der Waals surface area contributed by atoms with Gasteiger partial charge >= 0.3 is 0 Å². The van der Waals surface area contributed by atoms with Gasteiger partial charge in [-0.3, -0.25) is 4.79 Å². The van der Waals surface area contributed by atoms with E-state index in [2.05, 4.69) is 40.9 Å². The van der Waals surface area contributed by atoms with Gasteiger partial charge in [0.25, 0.3) is 0 Å². The van der Waals surface area contributed by atoms with Crippen LogP contribution in [0.1, 0.15) is 66.7 Å². The Morgan fingerprint density at radius 1 is 0.968 bits per heavy atom. The van der Waals surface area contributed by atoms with Crippen molar-refractivity contribution in [2.24, 2.45) is 17.8 Å². The number of nitrogens with zero attached hydrogens (tertiary/aromatic N) is 1. The largest absolute Gasteiger partial charge is 0.371 e. The summed E-state index contributed by atoms with van der Waals surface area (Å²) in [6, 6.07) is 8.08. The van der Waals surface area contributed by atoms with Gasteiger partial charge in [-0.25, -0.2) is 13.1 Å². The average molecular weight is 450 g/mol. The number of carbonyl (C=O) groups excluding carboxylic acids is 1. The van der Waals surface area contributed by atoms with Gasteiger partial charge in [0.1, 0.15) is 0 Å². The fourth-order valence-electron chi connectivity index (χ4n) is 4.74. The number of rotatable bonds is 5. The fourth-order valence-corrected chi connectivity index (χ4v) is 5.77. The number of sulfonamides is 1. The predicted molar refractivity (Wildman–Crippen MR) is 128 cm³/mol. The third-order valence-corrected chi connectivity index (χ3v) is 8.85. The molecule has 1 heterocycles. The van der Waals surface area contributed by atoms with Crippen LogP contribution in [0.2, 0.25) is 0 Å². The lowest BCUT2D eigenvalue weighted by molar-refractivity contribution is -0.120. The molecule has 1 aromatic carbocycles. The molecule has 1 saturated heterocycles. The summed E-state index contributed by atoms with van der Waals surface area (Å²) in [5, 5.41) is 3.05. The van der Waals surface area contributed by atoms with Crippen LogP contribution in [0, 0.1) is 17.8 Å². The van der Waals surface area contributed by atoms with Gasteiger partial charge in [0.15, 0.2) is 0 Å². The van der Waals surface area contributed by atoms with Crippen molar-refractivity contribution in [1.82, 2.24) is 4.72 Å². The lowest BCUT2D eigenvalue weighted by Crippen LogP contribution is -2.46. The topological polar surface area (TPSA) is 78.5 Å². The minimum atomic E-state index is -3.36. The maximum Gasteiger partial charge on any atom is 0.227 e. The number of anilines is 2. The van der Waals surface area contributed by atoms with E-state index >= 15 is 0 Å². The molecule has 2 aliphatic rings. The van der Waals surface area contributed by atoms with Crippen LogP contribution in [0.4, 0.5) is 11.4 Å². The van der Waals surface area contributed by atoms with Gasteiger partial charge in [0, 0.05) is 36.4 Å². The monoisotopic (exact) mass is 449 g/mol. The Labute approximate surface area is 188 Å². The van der Waals surface area contributed by atoms with Crippen molar-refractivity contribution in [3.05, 3.63) is 24.3 Å². The highest BCUT2D eigenvalue weighted by Gasteiger charge is 2.34. The van der Waals surface area contributed by atoms with E-state index in [1.54, 1.807) is 20.8 Å². The number of hydrogen-bond donors (Lipinski definition) is 2. The first-order valence-electron chi connectivity index (χ1n) is 11.6. The van der Waals surface area contributed by atoms with E-state index in [-0.39, 0.29) is 17.9 Å². The SMILES string of the molecule is CC1C[C@@H](C)CN(c2ccc(NC(=O)C3CCC(NS(=O)(=O)C(C)(C)C)CC3)cc2)C1. The molecule has 7 heteroatoms. The second-order valence-electron chi connectivity index (χ2n) is 10.7. The van der Waals surface area contributed by atoms with E-state index in [4.69, 9.17) is 0 Å². The van der Waals surface area contributed by atoms with Crippen LogP contribution >= 0.6 is 0 Å². The lowest BCUT2D eigenvalue weighted by Gasteiger charge is -2.36. The number of carbonyl (C=O) groups is 1. The molecule has 2 N–H and O–H groups in total. The van der Waals surface area contributed by atoms with E-state index in [0.29, 0.717) is 37.5 Å². The highest BCUT2D eigenvalue weighted by molar-refractivity contribution is 7.90. The van der Waals surface area contributed by atoms with Gasteiger partial charge in [0.2, 0.25) is 15.9 Å². The first-order chi connectivity index (χ1) is 14.4. The van der Waals surface area contributed by atoms with Crippen molar-refractivity contribution in [1.29, 1.82) is 0 Å². The van der Waals surface area contributed by atoms with Gasteiger partial charge in [-0.2, -0.15) is 0 Å². The van der Waals surface area contributed by atoms with E-state index in [0.717, 1.165) is 18.8 Å². The molecule has 0 radical (unpaired) electrons. The average Bonchev–Trinajstić information content (AvgIpc) is 2.67. The summed E-state index contributed by atoms with van der Waals surface area (Å²) in [4.78, 5) is 15.2. The Balaban J connectivity index is 1.50. The molecule has 1 aromatic rings. The fraction of sp³-hybridized carbons (Fsp3) is 0.708. The van der Waals surface area contributed by atoms with E-state index in [1.807, 2.05) is 12.1 Å². The highest BCUT2D eigenvalue weighted by Crippen LogP contribution is 2.29. The molecule has 31 heavy (non-hydrogen) atoms. The molecular weight excluding hydrogens is 410 g/mol. The number of hydrogen-bond acceptors (Lipinski definition) is 4. The molecular formula is C24H39N3O3S. The Morgan fingerprint density at radius 2 is 1.52 bits per heavy atom. The Morgan fingerprint density at radius 3 is 2.03 bits per heavy atom. The van der Waals surface area contributed by atoms with Crippen LogP contribution in [0.5, 0.6) is 0 Å². The Hall–Kier alpha value is -1.60. The van der Waals surface area contributed by atoms with Crippen LogP contribution in [0.3, 0.4) is 0 Å². The summed E-state index contributed by atoms with van der Waals surface area (Å²) in [6.45, 7) is 11.9. The van der Waals surface area contributed by atoms with Gasteiger partial charge in [0.05, 0.1) is 4.75 Å². The van der Waals surface area contributed by atoms with Gasteiger partial charge < -0.3 is 10.2 Å². The minimum Gasteiger partial charge on any atom is -0.371 e. The van der Waals surface area contributed by atoms with Crippen molar-refractivity contribution in [3.8, 4) is 0 Å². The quantitative estimate of drug-likeness (QED) is 0.699. The van der Waals surface area contributed by atoms with Crippen LogP contribution in [0.15, 0.2) is 24.3 Å². The normalized spacial score (nSPS) is 27.7. The second kappa shape index (κ2) is 9.49. The van der Waals surface area contributed by atoms with Crippen molar-refractivity contribution in [2.45, 2.75) is 77.5 Å². The molecule has 3 rings (SSSR count). The van der Waals surface area contributed by atoms with Crippen LogP contribution in [-0.4, -0.2) is 38.2 Å². The summed E-state index contributed by atoms with van der Waals surface area (Å²) < 4.78 is 26.7. The molecule has 1 unspecified atom stereocenters. The molecule has 2 atom stereocenters. The third-order valence-electron chi connectivity index (χ3n) is 6.59. The molecule has 0 aromatic heterocycles. The molecule has 2 fully saturated rings. The maximum atomic E-state index is 12.7. The summed E-state index contributed by atoms with van der Waals surface area (Å²) in [6.07, 6.45) is 4.06. The van der Waals surface area contributed by atoms with Crippen molar-refractivity contribution in [3.63, 3.8) is 0 Å². The zero-order chi connectivity index (χ0) is 22.8. The van der Waals surface area contributed by atoms with E-state index in [1.165, 1.54) is 12.1 Å². The second-order valence-corrected chi connectivity index (χ2v) is 13.1. The first kappa shape index (κ1) is 24.1. The zero-order valence-corrected chi connectivity index (χ0v) is 20.5. The smallest absolute Gasteiger partial charge is 0.227 e. The molecule has 1 amide bonds. The van der Waals surface area contributed by atoms with Crippen LogP contribution < -0.4 is 14.9 Å². The van der Waals surface area contributed by atoms with Crippen molar-refractivity contribution >= 4 is 27.3 Å². The number of piperidine rings is 1. The standard InChI is InChI=1S/C24H39N3O3S/c1-17-14-18(2)16-27(15-17)22-12-10-20(11-13-22)25-23(28)19-6-8-21(9-7-19)26-31(29,30)24(3,4)5/h10-13,17-19,21,26H,6-9,14-16H2,1-5H3,(H,25,28)/t17-,18?,19?,21?/m1/s1.